The first kappa shape index (κ1) is 15.4. The smallest absolute Gasteiger partial charge is 0.332 e. The van der Waals surface area contributed by atoms with Gasteiger partial charge < -0.3 is 14.9 Å². The third-order valence-electron chi connectivity index (χ3n) is 2.35. The van der Waals surface area contributed by atoms with E-state index in [0.717, 1.165) is 0 Å². The van der Waals surface area contributed by atoms with Crippen LogP contribution in [0.1, 0.15) is 6.42 Å². The largest absolute Gasteiger partial charge is 0.495 e. The molecule has 106 valence electrons. The number of para-hydroxylation sites is 1. The van der Waals surface area contributed by atoms with Crippen molar-refractivity contribution in [2.45, 2.75) is 17.4 Å². The Kier molecular flexibility index (Phi) is 5.28. The van der Waals surface area contributed by atoms with E-state index in [1.807, 2.05) is 0 Å². The highest BCUT2D eigenvalue weighted by Crippen LogP contribution is 2.22. The molecule has 0 saturated heterocycles. The highest BCUT2D eigenvalue weighted by molar-refractivity contribution is 7.89. The molecule has 0 aliphatic carbocycles. The summed E-state index contributed by atoms with van der Waals surface area (Å²) in [5, 5.41) is 17.5. The quantitative estimate of drug-likeness (QED) is 0.641. The Morgan fingerprint density at radius 3 is 2.63 bits per heavy atom. The molecule has 0 bridgehead atoms. The summed E-state index contributed by atoms with van der Waals surface area (Å²) in [6.45, 7) is -0.187. The number of hydrogen-bond acceptors (Lipinski definition) is 5. The van der Waals surface area contributed by atoms with Gasteiger partial charge in [0.2, 0.25) is 10.0 Å². The Labute approximate surface area is 110 Å². The maximum absolute atomic E-state index is 11.9. The molecule has 0 radical (unpaired) electrons. The van der Waals surface area contributed by atoms with Crippen molar-refractivity contribution in [1.29, 1.82) is 0 Å². The van der Waals surface area contributed by atoms with Gasteiger partial charge in [-0.25, -0.2) is 17.9 Å². The molecule has 1 aromatic carbocycles. The molecule has 1 aromatic rings. The highest BCUT2D eigenvalue weighted by Gasteiger charge is 2.20. The van der Waals surface area contributed by atoms with Crippen LogP contribution in [0.15, 0.2) is 29.2 Å². The van der Waals surface area contributed by atoms with Gasteiger partial charge in [0.15, 0.2) is 6.10 Å². The molecule has 7 nitrogen and oxygen atoms in total. The van der Waals surface area contributed by atoms with Gasteiger partial charge in [0.25, 0.3) is 0 Å². The van der Waals surface area contributed by atoms with Gasteiger partial charge in [-0.3, -0.25) is 0 Å². The van der Waals surface area contributed by atoms with Gasteiger partial charge in [0.1, 0.15) is 10.6 Å². The molecule has 1 unspecified atom stereocenters. The monoisotopic (exact) mass is 289 g/mol. The van der Waals surface area contributed by atoms with Gasteiger partial charge in [-0.1, -0.05) is 12.1 Å². The van der Waals surface area contributed by atoms with Crippen molar-refractivity contribution in [1.82, 2.24) is 4.72 Å². The first-order valence-electron chi connectivity index (χ1n) is 5.42. The second kappa shape index (κ2) is 6.50. The van der Waals surface area contributed by atoms with E-state index in [9.17, 15) is 13.2 Å². The molecule has 0 fully saturated rings. The number of aliphatic hydroxyl groups is 1. The van der Waals surface area contributed by atoms with Crippen LogP contribution >= 0.6 is 0 Å². The average Bonchev–Trinajstić information content (AvgIpc) is 2.38. The minimum Gasteiger partial charge on any atom is -0.495 e. The van der Waals surface area contributed by atoms with Crippen LogP contribution in [0.4, 0.5) is 0 Å². The van der Waals surface area contributed by atoms with Crippen molar-refractivity contribution in [2.75, 3.05) is 13.7 Å². The van der Waals surface area contributed by atoms with Crippen molar-refractivity contribution in [3.63, 3.8) is 0 Å². The van der Waals surface area contributed by atoms with Crippen molar-refractivity contribution in [3.05, 3.63) is 24.3 Å². The summed E-state index contributed by atoms with van der Waals surface area (Å²) in [6, 6.07) is 6.05. The number of rotatable bonds is 7. The van der Waals surface area contributed by atoms with Crippen LogP contribution in [-0.2, 0) is 14.8 Å². The fourth-order valence-electron chi connectivity index (χ4n) is 1.37. The van der Waals surface area contributed by atoms with E-state index < -0.39 is 22.1 Å². The van der Waals surface area contributed by atoms with E-state index in [0.29, 0.717) is 0 Å². The lowest BCUT2D eigenvalue weighted by Crippen LogP contribution is -2.30. The maximum Gasteiger partial charge on any atom is 0.332 e. The summed E-state index contributed by atoms with van der Waals surface area (Å²) in [6.07, 6.45) is -1.82. The first-order chi connectivity index (χ1) is 8.88. The van der Waals surface area contributed by atoms with Crippen LogP contribution < -0.4 is 9.46 Å². The van der Waals surface area contributed by atoms with E-state index in [2.05, 4.69) is 4.72 Å². The van der Waals surface area contributed by atoms with Gasteiger partial charge in [-0.05, 0) is 18.6 Å². The molecule has 8 heteroatoms. The zero-order chi connectivity index (χ0) is 14.5. The predicted molar refractivity (Wildman–Crippen MR) is 66.4 cm³/mol. The lowest BCUT2D eigenvalue weighted by molar-refractivity contribution is -0.146. The normalized spacial score (nSPS) is 12.9. The fourth-order valence-corrected chi connectivity index (χ4v) is 2.59. The molecule has 0 aliphatic heterocycles. The van der Waals surface area contributed by atoms with E-state index >= 15 is 0 Å². The van der Waals surface area contributed by atoms with E-state index in [1.54, 1.807) is 12.1 Å². The molecule has 0 spiro atoms. The minimum absolute atomic E-state index is 0.0395. The zero-order valence-electron chi connectivity index (χ0n) is 10.2. The molecule has 0 amide bonds. The van der Waals surface area contributed by atoms with Crippen LogP contribution in [-0.4, -0.2) is 44.4 Å². The molecule has 0 aliphatic rings. The standard InChI is InChI=1S/C11H15NO6S/c1-18-9-4-2-3-5-10(9)19(16,17)12-7-6-8(13)11(14)15/h2-5,8,12-13H,6-7H2,1H3,(H,14,15). The number of aliphatic hydroxyl groups excluding tert-OH is 1. The number of methoxy groups -OCH3 is 1. The number of nitrogens with one attached hydrogen (secondary N) is 1. The number of ether oxygens (including phenoxy) is 1. The second-order valence-corrected chi connectivity index (χ2v) is 5.43. The van der Waals surface area contributed by atoms with Crippen LogP contribution in [0.3, 0.4) is 0 Å². The van der Waals surface area contributed by atoms with Gasteiger partial charge in [0, 0.05) is 6.54 Å². The van der Waals surface area contributed by atoms with E-state index in [-0.39, 0.29) is 23.6 Å². The predicted octanol–water partition coefficient (Wildman–Crippen LogP) is -0.191. The van der Waals surface area contributed by atoms with Gasteiger partial charge >= 0.3 is 5.97 Å². The van der Waals surface area contributed by atoms with Crippen molar-refractivity contribution in [3.8, 4) is 5.75 Å². The van der Waals surface area contributed by atoms with Crippen LogP contribution in [0.25, 0.3) is 0 Å². The third-order valence-corrected chi connectivity index (χ3v) is 3.85. The summed E-state index contributed by atoms with van der Waals surface area (Å²) in [5.41, 5.74) is 0. The van der Waals surface area contributed by atoms with Gasteiger partial charge in [0.05, 0.1) is 7.11 Å². The van der Waals surface area contributed by atoms with E-state index in [4.69, 9.17) is 14.9 Å². The van der Waals surface area contributed by atoms with Gasteiger partial charge in [-0.2, -0.15) is 0 Å². The fraction of sp³-hybridized carbons (Fsp3) is 0.364. The SMILES string of the molecule is COc1ccccc1S(=O)(=O)NCCC(O)C(=O)O. The molecule has 0 saturated carbocycles. The highest BCUT2D eigenvalue weighted by atomic mass is 32.2. The van der Waals surface area contributed by atoms with Crippen LogP contribution in [0, 0.1) is 0 Å². The average molecular weight is 289 g/mol. The van der Waals surface area contributed by atoms with Crippen LogP contribution in [0.5, 0.6) is 5.75 Å². The number of sulfonamides is 1. The molecule has 0 aromatic heterocycles. The number of benzene rings is 1. The summed E-state index contributed by atoms with van der Waals surface area (Å²) < 4.78 is 31.0. The lowest BCUT2D eigenvalue weighted by atomic mass is 10.3. The Morgan fingerprint density at radius 1 is 1.42 bits per heavy atom. The molecule has 1 rings (SSSR count). The Morgan fingerprint density at radius 2 is 2.05 bits per heavy atom. The summed E-state index contributed by atoms with van der Waals surface area (Å²) in [5.74, 6) is -1.20. The summed E-state index contributed by atoms with van der Waals surface area (Å²) in [7, 11) is -2.45. The maximum atomic E-state index is 11.9. The zero-order valence-corrected chi connectivity index (χ0v) is 11.1. The number of carboxylic acids is 1. The number of carboxylic acid groups (broad SMARTS) is 1. The Bertz CT molecular complexity index is 542. The number of aliphatic carboxylic acids is 1. The lowest BCUT2D eigenvalue weighted by Gasteiger charge is -2.11. The molecule has 3 N–H and O–H groups in total. The first-order valence-corrected chi connectivity index (χ1v) is 6.90. The Hall–Kier alpha value is -1.64. The minimum atomic E-state index is -3.80. The van der Waals surface area contributed by atoms with Crippen molar-refractivity contribution >= 4 is 16.0 Å². The van der Waals surface area contributed by atoms with E-state index in [1.165, 1.54) is 19.2 Å². The number of hydrogen-bond donors (Lipinski definition) is 3. The van der Waals surface area contributed by atoms with Crippen molar-refractivity contribution < 1.29 is 28.2 Å². The summed E-state index contributed by atoms with van der Waals surface area (Å²) in [4.78, 5) is 10.3. The molecule has 0 heterocycles. The van der Waals surface area contributed by atoms with Crippen LogP contribution in [0.2, 0.25) is 0 Å². The van der Waals surface area contributed by atoms with Gasteiger partial charge in [-0.15, -0.1) is 0 Å². The molecular weight excluding hydrogens is 274 g/mol. The Balaban J connectivity index is 2.74. The summed E-state index contributed by atoms with van der Waals surface area (Å²) >= 11 is 0. The molecular formula is C11H15NO6S. The molecule has 19 heavy (non-hydrogen) atoms. The topological polar surface area (TPSA) is 113 Å². The third kappa shape index (κ3) is 4.19. The second-order valence-electron chi connectivity index (χ2n) is 3.69. The number of carbonyl (C=O) groups is 1. The van der Waals surface area contributed by atoms with Crippen molar-refractivity contribution in [2.24, 2.45) is 0 Å². The molecule has 1 atom stereocenters.